The van der Waals surface area contributed by atoms with Crippen LogP contribution in [0.2, 0.25) is 0 Å². The molecule has 0 aliphatic heterocycles. The molecule has 1 unspecified atom stereocenters. The van der Waals surface area contributed by atoms with Crippen molar-refractivity contribution in [1.29, 1.82) is 0 Å². The van der Waals surface area contributed by atoms with Gasteiger partial charge in [0.25, 0.3) is 0 Å². The standard InChI is InChI=1S/C14H16FN3O/c1-9-3-4-11(8-17-9)14(18-16)10-5-6-12(15)13(7-10)19-2/h3-8,14,18H,16H2,1-2H3. The van der Waals surface area contributed by atoms with Gasteiger partial charge in [0.05, 0.1) is 13.2 Å². The summed E-state index contributed by atoms with van der Waals surface area (Å²) in [6.07, 6.45) is 1.75. The van der Waals surface area contributed by atoms with E-state index < -0.39 is 5.82 Å². The quantitative estimate of drug-likeness (QED) is 0.653. The number of hydrogen-bond acceptors (Lipinski definition) is 4. The Morgan fingerprint density at radius 2 is 2.00 bits per heavy atom. The second-order valence-corrected chi connectivity index (χ2v) is 4.23. The van der Waals surface area contributed by atoms with Crippen LogP contribution in [0.25, 0.3) is 0 Å². The largest absolute Gasteiger partial charge is 0.494 e. The fourth-order valence-corrected chi connectivity index (χ4v) is 1.89. The van der Waals surface area contributed by atoms with Crippen molar-refractivity contribution in [1.82, 2.24) is 10.4 Å². The number of aryl methyl sites for hydroxylation is 1. The number of halogens is 1. The van der Waals surface area contributed by atoms with Crippen molar-refractivity contribution in [3.05, 3.63) is 59.2 Å². The van der Waals surface area contributed by atoms with Crippen molar-refractivity contribution in [2.75, 3.05) is 7.11 Å². The lowest BCUT2D eigenvalue weighted by Crippen LogP contribution is -2.29. The number of nitrogens with one attached hydrogen (secondary N) is 1. The summed E-state index contributed by atoms with van der Waals surface area (Å²) in [4.78, 5) is 4.23. The summed E-state index contributed by atoms with van der Waals surface area (Å²) < 4.78 is 18.4. The van der Waals surface area contributed by atoms with Crippen LogP contribution in [-0.2, 0) is 0 Å². The van der Waals surface area contributed by atoms with Crippen LogP contribution in [0.5, 0.6) is 5.75 Å². The summed E-state index contributed by atoms with van der Waals surface area (Å²) in [5, 5.41) is 0. The average molecular weight is 261 g/mol. The normalized spacial score (nSPS) is 12.2. The van der Waals surface area contributed by atoms with Gasteiger partial charge in [-0.25, -0.2) is 9.82 Å². The van der Waals surface area contributed by atoms with Gasteiger partial charge in [0.1, 0.15) is 0 Å². The van der Waals surface area contributed by atoms with E-state index in [0.29, 0.717) is 0 Å². The maximum absolute atomic E-state index is 13.4. The molecule has 0 bridgehead atoms. The molecule has 3 N–H and O–H groups in total. The maximum Gasteiger partial charge on any atom is 0.165 e. The molecular formula is C14H16FN3O. The van der Waals surface area contributed by atoms with Gasteiger partial charge in [0, 0.05) is 11.9 Å². The number of nitrogens with zero attached hydrogens (tertiary/aromatic N) is 1. The lowest BCUT2D eigenvalue weighted by Gasteiger charge is -2.17. The summed E-state index contributed by atoms with van der Waals surface area (Å²) in [5.74, 6) is 5.39. The van der Waals surface area contributed by atoms with Crippen LogP contribution in [0.1, 0.15) is 22.9 Å². The van der Waals surface area contributed by atoms with Crippen LogP contribution in [0.15, 0.2) is 36.5 Å². The summed E-state index contributed by atoms with van der Waals surface area (Å²) in [6, 6.07) is 8.23. The number of pyridine rings is 1. The Labute approximate surface area is 111 Å². The third kappa shape index (κ3) is 2.89. The van der Waals surface area contributed by atoms with E-state index in [4.69, 9.17) is 10.6 Å². The van der Waals surface area contributed by atoms with E-state index in [1.165, 1.54) is 13.2 Å². The highest BCUT2D eigenvalue weighted by atomic mass is 19.1. The maximum atomic E-state index is 13.4. The Morgan fingerprint density at radius 3 is 2.58 bits per heavy atom. The Balaban J connectivity index is 2.39. The van der Waals surface area contributed by atoms with Gasteiger partial charge in [0.15, 0.2) is 11.6 Å². The predicted molar refractivity (Wildman–Crippen MR) is 71.1 cm³/mol. The summed E-state index contributed by atoms with van der Waals surface area (Å²) >= 11 is 0. The van der Waals surface area contributed by atoms with Gasteiger partial charge >= 0.3 is 0 Å². The van der Waals surface area contributed by atoms with Crippen LogP contribution in [0, 0.1) is 12.7 Å². The molecule has 0 saturated carbocycles. The highest BCUT2D eigenvalue weighted by molar-refractivity contribution is 5.37. The minimum atomic E-state index is -0.399. The van der Waals surface area contributed by atoms with Gasteiger partial charge in [0.2, 0.25) is 0 Å². The highest BCUT2D eigenvalue weighted by Crippen LogP contribution is 2.26. The molecule has 2 aromatic rings. The molecule has 0 spiro atoms. The average Bonchev–Trinajstić information content (AvgIpc) is 2.43. The van der Waals surface area contributed by atoms with Gasteiger partial charge in [-0.1, -0.05) is 12.1 Å². The number of ether oxygens (including phenoxy) is 1. The second-order valence-electron chi connectivity index (χ2n) is 4.23. The van der Waals surface area contributed by atoms with Gasteiger partial charge in [-0.15, -0.1) is 0 Å². The molecule has 0 aliphatic carbocycles. The molecule has 1 aromatic heterocycles. The van der Waals surface area contributed by atoms with E-state index in [9.17, 15) is 4.39 Å². The molecule has 4 nitrogen and oxygen atoms in total. The number of nitrogens with two attached hydrogens (primary N) is 1. The molecule has 0 radical (unpaired) electrons. The van der Waals surface area contributed by atoms with Gasteiger partial charge < -0.3 is 4.74 Å². The molecular weight excluding hydrogens is 245 g/mol. The van der Waals surface area contributed by atoms with Crippen molar-refractivity contribution >= 4 is 0 Å². The van der Waals surface area contributed by atoms with E-state index in [2.05, 4.69) is 10.4 Å². The lowest BCUT2D eigenvalue weighted by molar-refractivity contribution is 0.385. The van der Waals surface area contributed by atoms with Crippen molar-refractivity contribution in [2.24, 2.45) is 5.84 Å². The SMILES string of the molecule is COc1cc(C(NN)c2ccc(C)nc2)ccc1F. The first-order valence-corrected chi connectivity index (χ1v) is 5.88. The molecule has 0 aliphatic rings. The van der Waals surface area contributed by atoms with Crippen LogP contribution in [0.3, 0.4) is 0 Å². The van der Waals surface area contributed by atoms with E-state index in [1.807, 2.05) is 19.1 Å². The minimum absolute atomic E-state index is 0.192. The van der Waals surface area contributed by atoms with Crippen LogP contribution in [-0.4, -0.2) is 12.1 Å². The molecule has 1 atom stereocenters. The van der Waals surface area contributed by atoms with Crippen molar-refractivity contribution in [2.45, 2.75) is 13.0 Å². The van der Waals surface area contributed by atoms with E-state index in [-0.39, 0.29) is 11.8 Å². The van der Waals surface area contributed by atoms with Crippen LogP contribution < -0.4 is 16.0 Å². The topological polar surface area (TPSA) is 60.2 Å². The van der Waals surface area contributed by atoms with E-state index >= 15 is 0 Å². The third-order valence-corrected chi connectivity index (χ3v) is 2.94. The minimum Gasteiger partial charge on any atom is -0.494 e. The zero-order chi connectivity index (χ0) is 13.8. The van der Waals surface area contributed by atoms with Crippen LogP contribution >= 0.6 is 0 Å². The zero-order valence-electron chi connectivity index (χ0n) is 10.9. The zero-order valence-corrected chi connectivity index (χ0v) is 10.9. The molecule has 0 fully saturated rings. The monoisotopic (exact) mass is 261 g/mol. The smallest absolute Gasteiger partial charge is 0.165 e. The van der Waals surface area contributed by atoms with E-state index in [0.717, 1.165) is 16.8 Å². The first kappa shape index (κ1) is 13.5. The Morgan fingerprint density at radius 1 is 1.26 bits per heavy atom. The number of rotatable bonds is 4. The Kier molecular flexibility index (Phi) is 4.09. The van der Waals surface area contributed by atoms with E-state index in [1.54, 1.807) is 18.3 Å². The predicted octanol–water partition coefficient (Wildman–Crippen LogP) is 2.09. The fourth-order valence-electron chi connectivity index (χ4n) is 1.89. The van der Waals surface area contributed by atoms with Gasteiger partial charge in [-0.3, -0.25) is 10.8 Å². The molecule has 2 rings (SSSR count). The summed E-state index contributed by atoms with van der Waals surface area (Å²) in [6.45, 7) is 1.91. The Bertz CT molecular complexity index is 557. The first-order valence-electron chi connectivity index (χ1n) is 5.88. The molecule has 19 heavy (non-hydrogen) atoms. The second kappa shape index (κ2) is 5.77. The molecule has 0 saturated heterocycles. The van der Waals surface area contributed by atoms with Crippen LogP contribution in [0.4, 0.5) is 4.39 Å². The number of methoxy groups -OCH3 is 1. The van der Waals surface area contributed by atoms with Gasteiger partial charge in [-0.05, 0) is 36.2 Å². The van der Waals surface area contributed by atoms with Crippen molar-refractivity contribution in [3.8, 4) is 5.75 Å². The Hall–Kier alpha value is -1.98. The van der Waals surface area contributed by atoms with Crippen molar-refractivity contribution < 1.29 is 9.13 Å². The summed E-state index contributed by atoms with van der Waals surface area (Å²) in [7, 11) is 1.43. The highest BCUT2D eigenvalue weighted by Gasteiger charge is 2.15. The molecule has 1 aromatic carbocycles. The number of hydrogen-bond donors (Lipinski definition) is 2. The molecule has 1 heterocycles. The molecule has 5 heteroatoms. The molecule has 0 amide bonds. The molecule has 100 valence electrons. The van der Waals surface area contributed by atoms with Gasteiger partial charge in [-0.2, -0.15) is 0 Å². The number of benzene rings is 1. The number of aromatic nitrogens is 1. The number of hydrazine groups is 1. The van der Waals surface area contributed by atoms with Crippen molar-refractivity contribution in [3.63, 3.8) is 0 Å². The lowest BCUT2D eigenvalue weighted by atomic mass is 10.0. The fraction of sp³-hybridized carbons (Fsp3) is 0.214. The summed E-state index contributed by atoms with van der Waals surface area (Å²) in [5.41, 5.74) is 5.35. The first-order chi connectivity index (χ1) is 9.15. The third-order valence-electron chi connectivity index (χ3n) is 2.94.